The fourth-order valence-corrected chi connectivity index (χ4v) is 2.58. The molecule has 1 aromatic heterocycles. The van der Waals surface area contributed by atoms with Crippen LogP contribution in [0.4, 0.5) is 4.39 Å². The number of amides is 1. The predicted molar refractivity (Wildman–Crippen MR) is 96.1 cm³/mol. The van der Waals surface area contributed by atoms with Gasteiger partial charge in [-0.1, -0.05) is 41.0 Å². The Morgan fingerprint density at radius 2 is 2.00 bits per heavy atom. The number of carbonyl (C=O) groups is 1. The summed E-state index contributed by atoms with van der Waals surface area (Å²) in [5.41, 5.74) is 2.41. The fraction of sp³-hybridized carbons (Fsp3) is 0.211. The second-order valence-electron chi connectivity index (χ2n) is 6.01. The van der Waals surface area contributed by atoms with E-state index in [1.807, 2.05) is 19.1 Å². The molecule has 5 nitrogen and oxygen atoms in total. The molecule has 1 N–H and O–H groups in total. The van der Waals surface area contributed by atoms with Crippen molar-refractivity contribution < 1.29 is 13.7 Å². The van der Waals surface area contributed by atoms with E-state index in [0.717, 1.165) is 16.7 Å². The Labute approximate surface area is 155 Å². The van der Waals surface area contributed by atoms with Crippen LogP contribution in [0.25, 0.3) is 11.4 Å². The zero-order valence-electron chi connectivity index (χ0n) is 14.3. The molecule has 0 bridgehead atoms. The second-order valence-corrected chi connectivity index (χ2v) is 6.42. The van der Waals surface area contributed by atoms with Crippen LogP contribution in [0.1, 0.15) is 30.0 Å². The number of hydrogen-bond acceptors (Lipinski definition) is 4. The SMILES string of the molecule is Cc1ccc(-c2noc([C@@H](C)NC(=O)Cc3ccc(F)cc3)n2)cc1Cl. The van der Waals surface area contributed by atoms with E-state index in [4.69, 9.17) is 16.1 Å². The summed E-state index contributed by atoms with van der Waals surface area (Å²) in [4.78, 5) is 16.5. The number of rotatable bonds is 5. The summed E-state index contributed by atoms with van der Waals surface area (Å²) in [5, 5.41) is 7.35. The van der Waals surface area contributed by atoms with E-state index < -0.39 is 6.04 Å². The smallest absolute Gasteiger partial charge is 0.249 e. The summed E-state index contributed by atoms with van der Waals surface area (Å²) in [6, 6.07) is 10.8. The Balaban J connectivity index is 1.65. The molecule has 0 aliphatic heterocycles. The van der Waals surface area contributed by atoms with Gasteiger partial charge in [0.2, 0.25) is 17.6 Å². The molecule has 134 valence electrons. The maximum Gasteiger partial charge on any atom is 0.249 e. The van der Waals surface area contributed by atoms with E-state index in [-0.39, 0.29) is 18.1 Å². The van der Waals surface area contributed by atoms with Gasteiger partial charge in [0.1, 0.15) is 11.9 Å². The zero-order valence-corrected chi connectivity index (χ0v) is 15.0. The highest BCUT2D eigenvalue weighted by atomic mass is 35.5. The van der Waals surface area contributed by atoms with Gasteiger partial charge in [-0.3, -0.25) is 4.79 Å². The van der Waals surface area contributed by atoms with Crippen LogP contribution in [-0.2, 0) is 11.2 Å². The molecular weight excluding hydrogens is 357 g/mol. The van der Waals surface area contributed by atoms with Crippen LogP contribution in [0.15, 0.2) is 47.0 Å². The van der Waals surface area contributed by atoms with Gasteiger partial charge in [0.25, 0.3) is 0 Å². The third-order valence-corrected chi connectivity index (χ3v) is 4.30. The van der Waals surface area contributed by atoms with E-state index >= 15 is 0 Å². The molecule has 0 unspecified atom stereocenters. The van der Waals surface area contributed by atoms with Crippen LogP contribution >= 0.6 is 11.6 Å². The van der Waals surface area contributed by atoms with Crippen LogP contribution in [0.5, 0.6) is 0 Å². The number of carbonyl (C=O) groups excluding carboxylic acids is 1. The highest BCUT2D eigenvalue weighted by Crippen LogP contribution is 2.24. The van der Waals surface area contributed by atoms with Crippen molar-refractivity contribution in [3.8, 4) is 11.4 Å². The largest absolute Gasteiger partial charge is 0.344 e. The Morgan fingerprint density at radius 3 is 2.69 bits per heavy atom. The van der Waals surface area contributed by atoms with Gasteiger partial charge < -0.3 is 9.84 Å². The van der Waals surface area contributed by atoms with E-state index in [1.165, 1.54) is 12.1 Å². The number of hydrogen-bond donors (Lipinski definition) is 1. The summed E-state index contributed by atoms with van der Waals surface area (Å²) in [5.74, 6) is 0.144. The van der Waals surface area contributed by atoms with Crippen molar-refractivity contribution in [3.63, 3.8) is 0 Å². The molecule has 0 aliphatic carbocycles. The molecule has 3 aromatic rings. The molecule has 1 heterocycles. The number of nitrogens with one attached hydrogen (secondary N) is 1. The van der Waals surface area contributed by atoms with E-state index in [9.17, 15) is 9.18 Å². The third-order valence-electron chi connectivity index (χ3n) is 3.90. The minimum absolute atomic E-state index is 0.138. The molecule has 1 atom stereocenters. The van der Waals surface area contributed by atoms with Crippen molar-refractivity contribution in [2.75, 3.05) is 0 Å². The van der Waals surface area contributed by atoms with E-state index in [0.29, 0.717) is 16.7 Å². The highest BCUT2D eigenvalue weighted by molar-refractivity contribution is 6.31. The van der Waals surface area contributed by atoms with Gasteiger partial charge in [0.15, 0.2) is 0 Å². The predicted octanol–water partition coefficient (Wildman–Crippen LogP) is 4.26. The average molecular weight is 374 g/mol. The highest BCUT2D eigenvalue weighted by Gasteiger charge is 2.18. The van der Waals surface area contributed by atoms with Gasteiger partial charge in [0.05, 0.1) is 6.42 Å². The second kappa shape index (κ2) is 7.66. The maximum atomic E-state index is 12.9. The molecular formula is C19H17ClFN3O2. The quantitative estimate of drug-likeness (QED) is 0.725. The van der Waals surface area contributed by atoms with Crippen molar-refractivity contribution in [2.45, 2.75) is 26.3 Å². The lowest BCUT2D eigenvalue weighted by atomic mass is 10.1. The minimum Gasteiger partial charge on any atom is -0.344 e. The Kier molecular flexibility index (Phi) is 5.32. The van der Waals surface area contributed by atoms with Crippen LogP contribution in [-0.4, -0.2) is 16.0 Å². The van der Waals surface area contributed by atoms with Crippen molar-refractivity contribution in [3.05, 3.63) is 70.3 Å². The first kappa shape index (κ1) is 18.1. The molecule has 0 spiro atoms. The molecule has 7 heteroatoms. The summed E-state index contributed by atoms with van der Waals surface area (Å²) in [6.07, 6.45) is 0.138. The summed E-state index contributed by atoms with van der Waals surface area (Å²) < 4.78 is 18.2. The normalized spacial score (nSPS) is 12.0. The first-order valence-corrected chi connectivity index (χ1v) is 8.44. The first-order valence-electron chi connectivity index (χ1n) is 8.06. The fourth-order valence-electron chi connectivity index (χ4n) is 2.40. The maximum absolute atomic E-state index is 12.9. The number of halogens is 2. The van der Waals surface area contributed by atoms with Crippen molar-refractivity contribution in [2.24, 2.45) is 0 Å². The van der Waals surface area contributed by atoms with E-state index in [2.05, 4.69) is 15.5 Å². The van der Waals surface area contributed by atoms with Gasteiger partial charge in [-0.2, -0.15) is 4.98 Å². The van der Waals surface area contributed by atoms with Crippen LogP contribution in [0, 0.1) is 12.7 Å². The van der Waals surface area contributed by atoms with Crippen molar-refractivity contribution in [1.29, 1.82) is 0 Å². The Bertz CT molecular complexity index is 925. The lowest BCUT2D eigenvalue weighted by Gasteiger charge is -2.09. The lowest BCUT2D eigenvalue weighted by Crippen LogP contribution is -2.28. The minimum atomic E-state index is -0.454. The summed E-state index contributed by atoms with van der Waals surface area (Å²) in [6.45, 7) is 3.66. The summed E-state index contributed by atoms with van der Waals surface area (Å²) in [7, 11) is 0. The monoisotopic (exact) mass is 373 g/mol. The average Bonchev–Trinajstić information content (AvgIpc) is 3.09. The molecule has 2 aromatic carbocycles. The van der Waals surface area contributed by atoms with Crippen molar-refractivity contribution in [1.82, 2.24) is 15.5 Å². The van der Waals surface area contributed by atoms with Crippen molar-refractivity contribution >= 4 is 17.5 Å². The zero-order chi connectivity index (χ0) is 18.7. The molecule has 0 aliphatic rings. The van der Waals surface area contributed by atoms with Crippen LogP contribution in [0.3, 0.4) is 0 Å². The molecule has 0 saturated heterocycles. The van der Waals surface area contributed by atoms with Gasteiger partial charge in [-0.15, -0.1) is 0 Å². The molecule has 0 saturated carbocycles. The van der Waals surface area contributed by atoms with Gasteiger partial charge >= 0.3 is 0 Å². The molecule has 3 rings (SSSR count). The lowest BCUT2D eigenvalue weighted by molar-refractivity contribution is -0.121. The summed E-state index contributed by atoms with van der Waals surface area (Å²) >= 11 is 6.12. The van der Waals surface area contributed by atoms with E-state index in [1.54, 1.807) is 25.1 Å². The number of aryl methyl sites for hydroxylation is 1. The van der Waals surface area contributed by atoms with Gasteiger partial charge in [-0.25, -0.2) is 4.39 Å². The third kappa shape index (κ3) is 4.26. The number of aromatic nitrogens is 2. The Morgan fingerprint density at radius 1 is 1.27 bits per heavy atom. The molecule has 26 heavy (non-hydrogen) atoms. The Hall–Kier alpha value is -2.73. The van der Waals surface area contributed by atoms with Crippen LogP contribution in [0.2, 0.25) is 5.02 Å². The standard InChI is InChI=1S/C19H17ClFN3O2/c1-11-3-6-14(10-16(11)20)18-23-19(26-24-18)12(2)22-17(25)9-13-4-7-15(21)8-5-13/h3-8,10,12H,9H2,1-2H3,(H,22,25)/t12-/m1/s1. The topological polar surface area (TPSA) is 68.0 Å². The van der Waals surface area contributed by atoms with Crippen LogP contribution < -0.4 is 5.32 Å². The number of nitrogens with zero attached hydrogens (tertiary/aromatic N) is 2. The van der Waals surface area contributed by atoms with Gasteiger partial charge in [0, 0.05) is 10.6 Å². The van der Waals surface area contributed by atoms with Gasteiger partial charge in [-0.05, 0) is 43.2 Å². The number of benzene rings is 2. The molecule has 0 fully saturated rings. The first-order chi connectivity index (χ1) is 12.4. The molecule has 0 radical (unpaired) electrons. The molecule has 1 amide bonds.